The van der Waals surface area contributed by atoms with Crippen molar-refractivity contribution in [1.29, 1.82) is 0 Å². The quantitative estimate of drug-likeness (QED) is 0.415. The average Bonchev–Trinajstić information content (AvgIpc) is 3.28. The van der Waals surface area contributed by atoms with Gasteiger partial charge in [0.15, 0.2) is 0 Å². The molecule has 1 aromatic heterocycles. The number of hydrogen-bond donors (Lipinski definition) is 0. The van der Waals surface area contributed by atoms with Gasteiger partial charge in [0, 0.05) is 18.7 Å². The SMILES string of the molecule is CCCN(CC(=O)N(Cc1ccccc1)Cc1ccco1)C(=O)c1ccc(Cl)c(Cl)c1. The zero-order valence-electron chi connectivity index (χ0n) is 17.3. The van der Waals surface area contributed by atoms with Crippen molar-refractivity contribution >= 4 is 35.0 Å². The van der Waals surface area contributed by atoms with E-state index in [0.29, 0.717) is 41.0 Å². The second kappa shape index (κ2) is 11.0. The van der Waals surface area contributed by atoms with Crippen molar-refractivity contribution in [1.82, 2.24) is 9.80 Å². The molecule has 31 heavy (non-hydrogen) atoms. The standard InChI is InChI=1S/C24H24Cl2N2O3/c1-2-12-27(24(30)19-10-11-21(25)22(26)14-19)17-23(29)28(16-20-9-6-13-31-20)15-18-7-4-3-5-8-18/h3-11,13-14H,2,12,15-17H2,1H3. The first-order valence-electron chi connectivity index (χ1n) is 10.1. The lowest BCUT2D eigenvalue weighted by Crippen LogP contribution is -2.42. The van der Waals surface area contributed by atoms with Gasteiger partial charge in [-0.15, -0.1) is 0 Å². The fourth-order valence-electron chi connectivity index (χ4n) is 3.22. The fourth-order valence-corrected chi connectivity index (χ4v) is 3.52. The van der Waals surface area contributed by atoms with Gasteiger partial charge < -0.3 is 14.2 Å². The van der Waals surface area contributed by atoms with E-state index in [0.717, 1.165) is 12.0 Å². The van der Waals surface area contributed by atoms with Gasteiger partial charge in [0.1, 0.15) is 12.3 Å². The predicted molar refractivity (Wildman–Crippen MR) is 122 cm³/mol. The third kappa shape index (κ3) is 6.36. The van der Waals surface area contributed by atoms with Crippen LogP contribution in [0.5, 0.6) is 0 Å². The molecule has 0 N–H and O–H groups in total. The molecular weight excluding hydrogens is 435 g/mol. The van der Waals surface area contributed by atoms with Crippen LogP contribution in [0.4, 0.5) is 0 Å². The zero-order valence-corrected chi connectivity index (χ0v) is 18.8. The molecule has 0 unspecified atom stereocenters. The highest BCUT2D eigenvalue weighted by atomic mass is 35.5. The van der Waals surface area contributed by atoms with E-state index in [9.17, 15) is 9.59 Å². The highest BCUT2D eigenvalue weighted by Gasteiger charge is 2.23. The Morgan fingerprint density at radius 3 is 2.32 bits per heavy atom. The molecule has 5 nitrogen and oxygen atoms in total. The predicted octanol–water partition coefficient (Wildman–Crippen LogP) is 5.67. The van der Waals surface area contributed by atoms with Crippen LogP contribution in [-0.2, 0) is 17.9 Å². The molecule has 2 amide bonds. The summed E-state index contributed by atoms with van der Waals surface area (Å²) in [6.45, 7) is 3.11. The maximum atomic E-state index is 13.3. The van der Waals surface area contributed by atoms with Crippen LogP contribution in [0, 0.1) is 0 Å². The highest BCUT2D eigenvalue weighted by Crippen LogP contribution is 2.23. The van der Waals surface area contributed by atoms with Crippen molar-refractivity contribution < 1.29 is 14.0 Å². The van der Waals surface area contributed by atoms with Gasteiger partial charge in [-0.05, 0) is 42.3 Å². The van der Waals surface area contributed by atoms with Crippen LogP contribution in [0.3, 0.4) is 0 Å². The van der Waals surface area contributed by atoms with E-state index in [2.05, 4.69) is 0 Å². The molecule has 0 aliphatic heterocycles. The van der Waals surface area contributed by atoms with E-state index in [1.54, 1.807) is 34.3 Å². The largest absolute Gasteiger partial charge is 0.467 e. The van der Waals surface area contributed by atoms with Crippen LogP contribution in [0.2, 0.25) is 10.0 Å². The van der Waals surface area contributed by atoms with Crippen molar-refractivity contribution in [2.24, 2.45) is 0 Å². The number of hydrogen-bond acceptors (Lipinski definition) is 3. The molecule has 0 aliphatic carbocycles. The van der Waals surface area contributed by atoms with E-state index in [1.807, 2.05) is 43.3 Å². The summed E-state index contributed by atoms with van der Waals surface area (Å²) in [5.74, 6) is 0.260. The summed E-state index contributed by atoms with van der Waals surface area (Å²) >= 11 is 12.0. The summed E-state index contributed by atoms with van der Waals surface area (Å²) in [6.07, 6.45) is 2.30. The number of carbonyl (C=O) groups excluding carboxylic acids is 2. The van der Waals surface area contributed by atoms with Gasteiger partial charge >= 0.3 is 0 Å². The molecule has 1 heterocycles. The number of furan rings is 1. The molecule has 0 aliphatic rings. The van der Waals surface area contributed by atoms with Gasteiger partial charge in [-0.2, -0.15) is 0 Å². The lowest BCUT2D eigenvalue weighted by atomic mass is 10.1. The molecule has 0 atom stereocenters. The maximum absolute atomic E-state index is 13.3. The van der Waals surface area contributed by atoms with Crippen LogP contribution < -0.4 is 0 Å². The molecule has 7 heteroatoms. The fraction of sp³-hybridized carbons (Fsp3) is 0.250. The Morgan fingerprint density at radius 2 is 1.68 bits per heavy atom. The van der Waals surface area contributed by atoms with E-state index in [4.69, 9.17) is 27.6 Å². The Hall–Kier alpha value is -2.76. The Kier molecular flexibility index (Phi) is 8.15. The Morgan fingerprint density at radius 1 is 0.903 bits per heavy atom. The van der Waals surface area contributed by atoms with Gasteiger partial charge in [-0.25, -0.2) is 0 Å². The molecule has 0 fully saturated rings. The van der Waals surface area contributed by atoms with Crippen molar-refractivity contribution in [2.45, 2.75) is 26.4 Å². The summed E-state index contributed by atoms with van der Waals surface area (Å²) in [7, 11) is 0. The molecule has 0 saturated carbocycles. The van der Waals surface area contributed by atoms with Crippen molar-refractivity contribution in [3.8, 4) is 0 Å². The van der Waals surface area contributed by atoms with Crippen LogP contribution in [0.1, 0.15) is 35.0 Å². The summed E-state index contributed by atoms with van der Waals surface area (Å²) in [5.41, 5.74) is 1.40. The lowest BCUT2D eigenvalue weighted by molar-refractivity contribution is -0.133. The first kappa shape index (κ1) is 22.9. The van der Waals surface area contributed by atoms with E-state index in [1.165, 1.54) is 6.07 Å². The summed E-state index contributed by atoms with van der Waals surface area (Å²) in [4.78, 5) is 29.6. The topological polar surface area (TPSA) is 53.8 Å². The minimum atomic E-state index is -0.258. The van der Waals surface area contributed by atoms with E-state index < -0.39 is 0 Å². The number of nitrogens with zero attached hydrogens (tertiary/aromatic N) is 2. The molecule has 0 saturated heterocycles. The van der Waals surface area contributed by atoms with Crippen LogP contribution in [-0.4, -0.2) is 34.7 Å². The van der Waals surface area contributed by atoms with Gasteiger partial charge in [0.2, 0.25) is 5.91 Å². The van der Waals surface area contributed by atoms with Gasteiger partial charge in [0.25, 0.3) is 5.91 Å². The number of amides is 2. The van der Waals surface area contributed by atoms with Crippen LogP contribution >= 0.6 is 23.2 Å². The third-order valence-electron chi connectivity index (χ3n) is 4.77. The second-order valence-corrected chi connectivity index (χ2v) is 7.98. The molecule has 162 valence electrons. The zero-order chi connectivity index (χ0) is 22.2. The summed E-state index contributed by atoms with van der Waals surface area (Å²) in [5, 5.41) is 0.683. The van der Waals surface area contributed by atoms with E-state index >= 15 is 0 Å². The minimum Gasteiger partial charge on any atom is -0.467 e. The Balaban J connectivity index is 1.78. The van der Waals surface area contributed by atoms with Crippen LogP contribution in [0.15, 0.2) is 71.3 Å². The van der Waals surface area contributed by atoms with Gasteiger partial charge in [-0.3, -0.25) is 9.59 Å². The Bertz CT molecular complexity index is 1010. The van der Waals surface area contributed by atoms with Crippen molar-refractivity contribution in [3.05, 3.63) is 93.9 Å². The van der Waals surface area contributed by atoms with Crippen molar-refractivity contribution in [2.75, 3.05) is 13.1 Å². The molecule has 3 aromatic rings. The van der Waals surface area contributed by atoms with Gasteiger partial charge in [0.05, 0.1) is 22.9 Å². The molecule has 0 radical (unpaired) electrons. The highest BCUT2D eigenvalue weighted by molar-refractivity contribution is 6.42. The minimum absolute atomic E-state index is 0.0412. The second-order valence-electron chi connectivity index (χ2n) is 7.17. The normalized spacial score (nSPS) is 10.7. The first-order chi connectivity index (χ1) is 15.0. The Labute approximate surface area is 192 Å². The molecule has 0 spiro atoms. The summed E-state index contributed by atoms with van der Waals surface area (Å²) < 4.78 is 5.44. The van der Waals surface area contributed by atoms with Crippen LogP contribution in [0.25, 0.3) is 0 Å². The number of benzene rings is 2. The first-order valence-corrected chi connectivity index (χ1v) is 10.8. The third-order valence-corrected chi connectivity index (χ3v) is 5.51. The number of carbonyl (C=O) groups is 2. The smallest absolute Gasteiger partial charge is 0.254 e. The van der Waals surface area contributed by atoms with E-state index in [-0.39, 0.29) is 18.4 Å². The molecule has 0 bridgehead atoms. The summed E-state index contributed by atoms with van der Waals surface area (Å²) in [6, 6.07) is 18.1. The molecular formula is C24H24Cl2N2O3. The number of halogens is 2. The monoisotopic (exact) mass is 458 g/mol. The van der Waals surface area contributed by atoms with Crippen molar-refractivity contribution in [3.63, 3.8) is 0 Å². The lowest BCUT2D eigenvalue weighted by Gasteiger charge is -2.27. The number of rotatable bonds is 9. The van der Waals surface area contributed by atoms with Gasteiger partial charge in [-0.1, -0.05) is 60.5 Å². The maximum Gasteiger partial charge on any atom is 0.254 e. The molecule has 3 rings (SSSR count). The average molecular weight is 459 g/mol. The molecule has 2 aromatic carbocycles.